The lowest BCUT2D eigenvalue weighted by molar-refractivity contribution is -0.384. The summed E-state index contributed by atoms with van der Waals surface area (Å²) in [5.74, 6) is 0. The molecule has 0 amide bonds. The highest BCUT2D eigenvalue weighted by Crippen LogP contribution is 2.34. The number of nitrogens with zero attached hydrogens (tertiary/aromatic N) is 3. The zero-order valence-electron chi connectivity index (χ0n) is 9.26. The fraction of sp³-hybridized carbons (Fsp3) is 0.100. The van der Waals surface area contributed by atoms with Gasteiger partial charge in [-0.15, -0.1) is 0 Å². The van der Waals surface area contributed by atoms with E-state index in [1.807, 2.05) is 0 Å². The van der Waals surface area contributed by atoms with E-state index in [-0.39, 0.29) is 11.4 Å². The Kier molecular flexibility index (Phi) is 2.89. The molecule has 0 saturated carbocycles. The van der Waals surface area contributed by atoms with Crippen molar-refractivity contribution in [2.75, 3.05) is 5.73 Å². The highest BCUT2D eigenvalue weighted by molar-refractivity contribution is 5.49. The number of nitro benzene ring substituents is 1. The van der Waals surface area contributed by atoms with E-state index in [4.69, 9.17) is 5.73 Å². The number of halogens is 3. The van der Waals surface area contributed by atoms with Gasteiger partial charge < -0.3 is 5.73 Å². The Morgan fingerprint density at radius 2 is 1.84 bits per heavy atom. The van der Waals surface area contributed by atoms with Crippen LogP contribution in [0.15, 0.2) is 30.5 Å². The Morgan fingerprint density at radius 3 is 2.32 bits per heavy atom. The molecule has 0 bridgehead atoms. The Balaban J connectivity index is 2.51. The Bertz CT molecular complexity index is 619. The smallest absolute Gasteiger partial charge is 0.396 e. The molecule has 6 nitrogen and oxygen atoms in total. The van der Waals surface area contributed by atoms with Crippen LogP contribution in [0.4, 0.5) is 24.5 Å². The minimum Gasteiger partial charge on any atom is -0.396 e. The van der Waals surface area contributed by atoms with E-state index < -0.39 is 22.5 Å². The fourth-order valence-electron chi connectivity index (χ4n) is 1.56. The Morgan fingerprint density at radius 1 is 1.26 bits per heavy atom. The van der Waals surface area contributed by atoms with E-state index >= 15 is 0 Å². The van der Waals surface area contributed by atoms with E-state index in [0.717, 1.165) is 18.3 Å². The second kappa shape index (κ2) is 4.26. The summed E-state index contributed by atoms with van der Waals surface area (Å²) < 4.78 is 39.0. The molecule has 0 unspecified atom stereocenters. The second-order valence-corrected chi connectivity index (χ2v) is 3.63. The quantitative estimate of drug-likeness (QED) is 0.671. The number of benzene rings is 1. The van der Waals surface area contributed by atoms with Gasteiger partial charge in [-0.05, 0) is 12.1 Å². The SMILES string of the molecule is Nc1cnn(-c2ccc([N+](=O)[O-])cc2)c1C(F)(F)F. The molecule has 0 radical (unpaired) electrons. The lowest BCUT2D eigenvalue weighted by Gasteiger charge is -2.10. The van der Waals surface area contributed by atoms with E-state index in [1.54, 1.807) is 0 Å². The number of non-ortho nitro benzene ring substituents is 1. The van der Waals surface area contributed by atoms with Gasteiger partial charge in [0.2, 0.25) is 0 Å². The van der Waals surface area contributed by atoms with Gasteiger partial charge in [0.25, 0.3) is 5.69 Å². The van der Waals surface area contributed by atoms with E-state index in [2.05, 4.69) is 5.10 Å². The number of hydrogen-bond acceptors (Lipinski definition) is 4. The van der Waals surface area contributed by atoms with Crippen LogP contribution in [0.5, 0.6) is 0 Å². The molecule has 0 aliphatic heterocycles. The number of aromatic nitrogens is 2. The molecule has 2 rings (SSSR count). The van der Waals surface area contributed by atoms with Gasteiger partial charge in [0.15, 0.2) is 5.69 Å². The van der Waals surface area contributed by atoms with Crippen molar-refractivity contribution >= 4 is 11.4 Å². The number of hydrogen-bond donors (Lipinski definition) is 1. The first-order valence-corrected chi connectivity index (χ1v) is 4.96. The highest BCUT2D eigenvalue weighted by Gasteiger charge is 2.38. The summed E-state index contributed by atoms with van der Waals surface area (Å²) in [6, 6.07) is 4.51. The minimum absolute atomic E-state index is 0.0367. The molecule has 1 aromatic carbocycles. The van der Waals surface area contributed by atoms with Crippen molar-refractivity contribution in [1.82, 2.24) is 9.78 Å². The van der Waals surface area contributed by atoms with Gasteiger partial charge in [-0.3, -0.25) is 10.1 Å². The molecule has 2 N–H and O–H groups in total. The average Bonchev–Trinajstić information content (AvgIpc) is 2.71. The second-order valence-electron chi connectivity index (χ2n) is 3.63. The molecular weight excluding hydrogens is 265 g/mol. The van der Waals surface area contributed by atoms with Gasteiger partial charge in [-0.1, -0.05) is 0 Å². The van der Waals surface area contributed by atoms with E-state index in [0.29, 0.717) is 4.68 Å². The van der Waals surface area contributed by atoms with Crippen LogP contribution in [0, 0.1) is 10.1 Å². The monoisotopic (exact) mass is 272 g/mol. The number of nitro groups is 1. The molecule has 0 spiro atoms. The maximum atomic E-state index is 12.8. The largest absolute Gasteiger partial charge is 0.435 e. The third-order valence-electron chi connectivity index (χ3n) is 2.37. The third-order valence-corrected chi connectivity index (χ3v) is 2.37. The van der Waals surface area contributed by atoms with Gasteiger partial charge in [0.1, 0.15) is 0 Å². The Hall–Kier alpha value is -2.58. The summed E-state index contributed by atoms with van der Waals surface area (Å²) in [6.45, 7) is 0. The zero-order valence-corrected chi connectivity index (χ0v) is 9.26. The van der Waals surface area contributed by atoms with Crippen LogP contribution in [0.1, 0.15) is 5.69 Å². The van der Waals surface area contributed by atoms with Crippen LogP contribution in [-0.2, 0) is 6.18 Å². The molecule has 1 heterocycles. The van der Waals surface area contributed by atoms with E-state index in [1.165, 1.54) is 12.1 Å². The summed E-state index contributed by atoms with van der Waals surface area (Å²) in [5, 5.41) is 14.0. The summed E-state index contributed by atoms with van der Waals surface area (Å²) in [6.07, 6.45) is -3.79. The molecule has 19 heavy (non-hydrogen) atoms. The fourth-order valence-corrected chi connectivity index (χ4v) is 1.56. The lowest BCUT2D eigenvalue weighted by Crippen LogP contribution is -2.15. The summed E-state index contributed by atoms with van der Waals surface area (Å²) in [7, 11) is 0. The Labute approximate surface area is 104 Å². The van der Waals surface area contributed by atoms with Crippen LogP contribution in [-0.4, -0.2) is 14.7 Å². The third kappa shape index (κ3) is 2.34. The van der Waals surface area contributed by atoms with Crippen LogP contribution in [0.3, 0.4) is 0 Å². The van der Waals surface area contributed by atoms with Crippen LogP contribution < -0.4 is 5.73 Å². The first-order valence-electron chi connectivity index (χ1n) is 4.96. The maximum Gasteiger partial charge on any atom is 0.435 e. The molecule has 0 aliphatic carbocycles. The predicted molar refractivity (Wildman–Crippen MR) is 59.6 cm³/mol. The number of alkyl halides is 3. The van der Waals surface area contributed by atoms with Gasteiger partial charge >= 0.3 is 6.18 Å². The van der Waals surface area contributed by atoms with Crippen LogP contribution in [0.2, 0.25) is 0 Å². The average molecular weight is 272 g/mol. The van der Waals surface area contributed by atoms with Crippen molar-refractivity contribution < 1.29 is 18.1 Å². The van der Waals surface area contributed by atoms with E-state index in [9.17, 15) is 23.3 Å². The topological polar surface area (TPSA) is 87.0 Å². The van der Waals surface area contributed by atoms with Gasteiger partial charge in [0.05, 0.1) is 22.5 Å². The molecule has 1 aromatic heterocycles. The van der Waals surface area contributed by atoms with Crippen molar-refractivity contribution in [1.29, 1.82) is 0 Å². The summed E-state index contributed by atoms with van der Waals surface area (Å²) >= 11 is 0. The van der Waals surface area contributed by atoms with Crippen molar-refractivity contribution in [2.24, 2.45) is 0 Å². The predicted octanol–water partition coefficient (Wildman–Crippen LogP) is 2.38. The van der Waals surface area contributed by atoms with Crippen molar-refractivity contribution in [3.05, 3.63) is 46.3 Å². The number of anilines is 1. The number of rotatable bonds is 2. The molecule has 0 saturated heterocycles. The molecular formula is C10H7F3N4O2. The first kappa shape index (κ1) is 12.9. The molecule has 100 valence electrons. The zero-order chi connectivity index (χ0) is 14.2. The molecule has 0 fully saturated rings. The standard InChI is InChI=1S/C10H7F3N4O2/c11-10(12,13)9-8(14)5-15-16(9)6-1-3-7(4-2-6)17(18)19/h1-5H,14H2. The molecule has 0 atom stereocenters. The molecule has 9 heteroatoms. The van der Waals surface area contributed by atoms with Crippen molar-refractivity contribution in [3.63, 3.8) is 0 Å². The van der Waals surface area contributed by atoms with Crippen molar-refractivity contribution in [2.45, 2.75) is 6.18 Å². The highest BCUT2D eigenvalue weighted by atomic mass is 19.4. The summed E-state index contributed by atoms with van der Waals surface area (Å²) in [5.41, 5.74) is 3.43. The molecule has 0 aliphatic rings. The maximum absolute atomic E-state index is 12.8. The number of nitrogens with two attached hydrogens (primary N) is 1. The van der Waals surface area contributed by atoms with Crippen molar-refractivity contribution in [3.8, 4) is 5.69 Å². The summed E-state index contributed by atoms with van der Waals surface area (Å²) in [4.78, 5) is 9.82. The first-order chi connectivity index (χ1) is 8.80. The number of nitrogen functional groups attached to an aromatic ring is 1. The van der Waals surface area contributed by atoms with Gasteiger partial charge in [0, 0.05) is 12.1 Å². The van der Waals surface area contributed by atoms with Crippen LogP contribution in [0.25, 0.3) is 5.69 Å². The van der Waals surface area contributed by atoms with Gasteiger partial charge in [-0.2, -0.15) is 18.3 Å². The minimum atomic E-state index is -4.66. The lowest BCUT2D eigenvalue weighted by atomic mass is 10.2. The normalized spacial score (nSPS) is 11.5. The van der Waals surface area contributed by atoms with Crippen LogP contribution >= 0.6 is 0 Å². The molecule has 2 aromatic rings. The van der Waals surface area contributed by atoms with Gasteiger partial charge in [-0.25, -0.2) is 4.68 Å².